The van der Waals surface area contributed by atoms with Gasteiger partial charge in [0.15, 0.2) is 11.5 Å². The van der Waals surface area contributed by atoms with Gasteiger partial charge in [-0.2, -0.15) is 0 Å². The molecule has 1 amide bonds. The summed E-state index contributed by atoms with van der Waals surface area (Å²) >= 11 is 9.69. The molecule has 3 aromatic rings. The molecule has 2 N–H and O–H groups in total. The van der Waals surface area contributed by atoms with E-state index < -0.39 is 0 Å². The van der Waals surface area contributed by atoms with E-state index in [9.17, 15) is 4.79 Å². The fourth-order valence-corrected chi connectivity index (χ4v) is 3.94. The predicted molar refractivity (Wildman–Crippen MR) is 138 cm³/mol. The van der Waals surface area contributed by atoms with Crippen molar-refractivity contribution >= 4 is 44.8 Å². The lowest BCUT2D eigenvalue weighted by atomic mass is 10.1. The highest BCUT2D eigenvalue weighted by Crippen LogP contribution is 2.34. The Morgan fingerprint density at radius 2 is 1.79 bits per heavy atom. The Labute approximate surface area is 208 Å². The van der Waals surface area contributed by atoms with Crippen LogP contribution in [0.1, 0.15) is 31.4 Å². The van der Waals surface area contributed by atoms with Gasteiger partial charge >= 0.3 is 0 Å². The van der Waals surface area contributed by atoms with Crippen molar-refractivity contribution in [3.05, 3.63) is 81.3 Å². The zero-order chi connectivity index (χ0) is 23.8. The minimum absolute atomic E-state index is 0.0167. The molecule has 33 heavy (non-hydrogen) atoms. The van der Waals surface area contributed by atoms with Gasteiger partial charge in [-0.25, -0.2) is 0 Å². The van der Waals surface area contributed by atoms with Crippen molar-refractivity contribution in [1.82, 2.24) is 0 Å². The summed E-state index contributed by atoms with van der Waals surface area (Å²) in [6, 6.07) is 19.1. The number of halogens is 2. The van der Waals surface area contributed by atoms with E-state index in [2.05, 4.69) is 26.6 Å². The van der Waals surface area contributed by atoms with Crippen molar-refractivity contribution in [3.63, 3.8) is 0 Å². The van der Waals surface area contributed by atoms with Gasteiger partial charge < -0.3 is 20.1 Å². The Morgan fingerprint density at radius 3 is 2.52 bits per heavy atom. The minimum atomic E-state index is 0.0167. The second-order valence-electron chi connectivity index (χ2n) is 8.09. The maximum absolute atomic E-state index is 12.1. The molecule has 0 aliphatic carbocycles. The van der Waals surface area contributed by atoms with Crippen LogP contribution in [0.3, 0.4) is 0 Å². The summed E-state index contributed by atoms with van der Waals surface area (Å²) in [6.45, 7) is 5.00. The van der Waals surface area contributed by atoms with Gasteiger partial charge in [0.1, 0.15) is 6.61 Å². The zero-order valence-corrected chi connectivity index (χ0v) is 21.3. The number of nitrogens with one attached hydrogen (secondary N) is 2. The third kappa shape index (κ3) is 7.69. The van der Waals surface area contributed by atoms with Gasteiger partial charge in [-0.15, -0.1) is 0 Å². The first-order valence-electron chi connectivity index (χ1n) is 10.7. The summed E-state index contributed by atoms with van der Waals surface area (Å²) in [4.78, 5) is 12.1. The molecule has 174 valence electrons. The average molecular weight is 532 g/mol. The van der Waals surface area contributed by atoms with Crippen molar-refractivity contribution in [3.8, 4) is 11.5 Å². The molecule has 5 nitrogen and oxygen atoms in total. The summed E-state index contributed by atoms with van der Waals surface area (Å²) in [6.07, 6.45) is 0.496. The SMILES string of the molecule is COc1cc(CNc2cccc(NC(=O)CC(C)C)c2)c(Br)cc1OCc1cccc(Cl)c1. The van der Waals surface area contributed by atoms with Crippen molar-refractivity contribution in [1.29, 1.82) is 0 Å². The van der Waals surface area contributed by atoms with Crippen molar-refractivity contribution in [2.45, 2.75) is 33.4 Å². The number of amides is 1. The van der Waals surface area contributed by atoms with E-state index in [1.165, 1.54) is 0 Å². The highest BCUT2D eigenvalue weighted by atomic mass is 79.9. The van der Waals surface area contributed by atoms with Crippen molar-refractivity contribution in [2.24, 2.45) is 5.92 Å². The molecule has 0 spiro atoms. The van der Waals surface area contributed by atoms with E-state index in [0.29, 0.717) is 42.0 Å². The van der Waals surface area contributed by atoms with E-state index in [1.54, 1.807) is 7.11 Å². The number of carbonyl (C=O) groups excluding carboxylic acids is 1. The van der Waals surface area contributed by atoms with Crippen LogP contribution in [0.2, 0.25) is 5.02 Å². The lowest BCUT2D eigenvalue weighted by Crippen LogP contribution is -2.13. The summed E-state index contributed by atoms with van der Waals surface area (Å²) in [5.41, 5.74) is 3.67. The molecule has 0 bridgehead atoms. The predicted octanol–water partition coefficient (Wildman–Crippen LogP) is 7.29. The van der Waals surface area contributed by atoms with Crippen molar-refractivity contribution < 1.29 is 14.3 Å². The fourth-order valence-electron chi connectivity index (χ4n) is 3.26. The van der Waals surface area contributed by atoms with E-state index in [4.69, 9.17) is 21.1 Å². The van der Waals surface area contributed by atoms with E-state index in [0.717, 1.165) is 27.0 Å². The van der Waals surface area contributed by atoms with Crippen LogP contribution in [0.25, 0.3) is 0 Å². The van der Waals surface area contributed by atoms with Gasteiger partial charge in [0, 0.05) is 33.8 Å². The van der Waals surface area contributed by atoms with Crippen LogP contribution < -0.4 is 20.1 Å². The molecule has 0 saturated heterocycles. The van der Waals surface area contributed by atoms with Crippen molar-refractivity contribution in [2.75, 3.05) is 17.7 Å². The second-order valence-corrected chi connectivity index (χ2v) is 9.38. The minimum Gasteiger partial charge on any atom is -0.493 e. The third-order valence-corrected chi connectivity index (χ3v) is 5.81. The molecule has 0 atom stereocenters. The third-order valence-electron chi connectivity index (χ3n) is 4.84. The number of carbonyl (C=O) groups is 1. The largest absolute Gasteiger partial charge is 0.493 e. The first-order chi connectivity index (χ1) is 15.8. The zero-order valence-electron chi connectivity index (χ0n) is 19.0. The quantitative estimate of drug-likeness (QED) is 0.288. The van der Waals surface area contributed by atoms with Gasteiger partial charge in [0.2, 0.25) is 5.91 Å². The number of hydrogen-bond acceptors (Lipinski definition) is 4. The number of ether oxygens (including phenoxy) is 2. The lowest BCUT2D eigenvalue weighted by Gasteiger charge is -2.15. The number of anilines is 2. The van der Waals surface area contributed by atoms with Crippen LogP contribution in [0, 0.1) is 5.92 Å². The van der Waals surface area contributed by atoms with Crippen LogP contribution in [0.5, 0.6) is 11.5 Å². The molecule has 0 radical (unpaired) electrons. The Hall–Kier alpha value is -2.70. The molecule has 0 heterocycles. The molecule has 0 aromatic heterocycles. The molecule has 0 aliphatic heterocycles. The second kappa shape index (κ2) is 12.0. The number of methoxy groups -OCH3 is 1. The maximum atomic E-state index is 12.1. The first-order valence-corrected chi connectivity index (χ1v) is 11.9. The van der Waals surface area contributed by atoms with Crippen LogP contribution in [-0.2, 0) is 17.9 Å². The van der Waals surface area contributed by atoms with Gasteiger partial charge in [0.25, 0.3) is 0 Å². The standard InChI is InChI=1S/C26H28BrClN2O3/c1-17(2)10-26(31)30-22-9-5-8-21(13-22)29-15-19-12-24(32-3)25(14-23(19)27)33-16-18-6-4-7-20(28)11-18/h4-9,11-14,17,29H,10,15-16H2,1-3H3,(H,30,31). The highest BCUT2D eigenvalue weighted by Gasteiger charge is 2.12. The molecule has 0 unspecified atom stereocenters. The maximum Gasteiger partial charge on any atom is 0.224 e. The monoisotopic (exact) mass is 530 g/mol. The smallest absolute Gasteiger partial charge is 0.224 e. The Morgan fingerprint density at radius 1 is 1.03 bits per heavy atom. The molecule has 3 rings (SSSR count). The lowest BCUT2D eigenvalue weighted by molar-refractivity contribution is -0.116. The van der Waals surface area contributed by atoms with E-state index >= 15 is 0 Å². The van der Waals surface area contributed by atoms with Crippen LogP contribution in [-0.4, -0.2) is 13.0 Å². The van der Waals surface area contributed by atoms with Gasteiger partial charge in [-0.3, -0.25) is 4.79 Å². The molecule has 0 fully saturated rings. The number of hydrogen-bond donors (Lipinski definition) is 2. The molecule has 3 aromatic carbocycles. The average Bonchev–Trinajstić information content (AvgIpc) is 2.76. The van der Waals surface area contributed by atoms with Crippen LogP contribution >= 0.6 is 27.5 Å². The molecular weight excluding hydrogens is 504 g/mol. The Bertz CT molecular complexity index is 1100. The molecule has 0 aliphatic rings. The van der Waals surface area contributed by atoms with Crippen LogP contribution in [0.4, 0.5) is 11.4 Å². The number of rotatable bonds is 10. The number of benzene rings is 3. The Balaban J connectivity index is 1.65. The highest BCUT2D eigenvalue weighted by molar-refractivity contribution is 9.10. The van der Waals surface area contributed by atoms with Gasteiger partial charge in [0.05, 0.1) is 7.11 Å². The first kappa shape index (κ1) is 24.9. The van der Waals surface area contributed by atoms with Gasteiger partial charge in [-0.05, 0) is 59.5 Å². The summed E-state index contributed by atoms with van der Waals surface area (Å²) in [5, 5.41) is 7.02. The normalized spacial score (nSPS) is 10.7. The molecular formula is C26H28BrClN2O3. The molecule has 7 heteroatoms. The topological polar surface area (TPSA) is 59.6 Å². The summed E-state index contributed by atoms with van der Waals surface area (Å²) in [7, 11) is 1.62. The van der Waals surface area contributed by atoms with E-state index in [1.807, 2.05) is 74.5 Å². The summed E-state index contributed by atoms with van der Waals surface area (Å²) in [5.74, 6) is 1.62. The van der Waals surface area contributed by atoms with E-state index in [-0.39, 0.29) is 5.91 Å². The summed E-state index contributed by atoms with van der Waals surface area (Å²) < 4.78 is 12.4. The van der Waals surface area contributed by atoms with Gasteiger partial charge in [-0.1, -0.05) is 59.6 Å². The van der Waals surface area contributed by atoms with Crippen LogP contribution in [0.15, 0.2) is 65.1 Å². The fraction of sp³-hybridized carbons (Fsp3) is 0.269. The Kier molecular flexibility index (Phi) is 9.03. The molecule has 0 saturated carbocycles.